The minimum atomic E-state index is 0.535. The molecule has 0 aliphatic heterocycles. The number of rotatable bonds is 3. The van der Waals surface area contributed by atoms with Crippen LogP contribution >= 0.6 is 61.9 Å². The zero-order valence-corrected chi connectivity index (χ0v) is 14.8. The number of hydrogen-bond acceptors (Lipinski definition) is 3. The number of thioether (sulfide) groups is 1. The van der Waals surface area contributed by atoms with E-state index >= 15 is 0 Å². The first-order valence-corrected chi connectivity index (χ1v) is 8.36. The van der Waals surface area contributed by atoms with Crippen LogP contribution in [0.2, 0.25) is 5.15 Å². The molecule has 1 aromatic heterocycles. The second-order valence-corrected chi connectivity index (χ2v) is 6.98. The van der Waals surface area contributed by atoms with Gasteiger partial charge in [-0.3, -0.25) is 0 Å². The van der Waals surface area contributed by atoms with E-state index in [1.807, 2.05) is 19.1 Å². The average Bonchev–Trinajstić information content (AvgIpc) is 2.33. The highest BCUT2D eigenvalue weighted by atomic mass is 127. The number of aryl methyl sites for hydroxylation is 1. The molecule has 18 heavy (non-hydrogen) atoms. The molecule has 0 radical (unpaired) electrons. The molecule has 6 heteroatoms. The van der Waals surface area contributed by atoms with Crippen molar-refractivity contribution in [1.29, 1.82) is 0 Å². The van der Waals surface area contributed by atoms with Crippen LogP contribution in [0, 0.1) is 10.5 Å². The van der Waals surface area contributed by atoms with Crippen molar-refractivity contribution in [2.24, 2.45) is 0 Å². The van der Waals surface area contributed by atoms with E-state index in [2.05, 4.69) is 60.6 Å². The summed E-state index contributed by atoms with van der Waals surface area (Å²) in [5, 5.41) is 0.535. The van der Waals surface area contributed by atoms with Crippen molar-refractivity contribution in [2.75, 3.05) is 0 Å². The van der Waals surface area contributed by atoms with Crippen molar-refractivity contribution >= 4 is 61.9 Å². The predicted octanol–water partition coefficient (Wildman–Crippen LogP) is 5.10. The van der Waals surface area contributed by atoms with E-state index in [-0.39, 0.29) is 0 Å². The van der Waals surface area contributed by atoms with Crippen LogP contribution in [0.1, 0.15) is 11.5 Å². The molecule has 1 heterocycles. The number of benzene rings is 1. The van der Waals surface area contributed by atoms with E-state index in [1.165, 1.54) is 4.90 Å². The van der Waals surface area contributed by atoms with Crippen molar-refractivity contribution in [3.05, 3.63) is 49.0 Å². The summed E-state index contributed by atoms with van der Waals surface area (Å²) in [7, 11) is 0. The maximum Gasteiger partial charge on any atom is 0.146 e. The second kappa shape index (κ2) is 6.54. The van der Waals surface area contributed by atoms with Crippen LogP contribution in [0.25, 0.3) is 0 Å². The molecule has 2 rings (SSSR count). The van der Waals surface area contributed by atoms with Crippen LogP contribution in [0.5, 0.6) is 0 Å². The van der Waals surface area contributed by atoms with E-state index in [4.69, 9.17) is 11.6 Å². The van der Waals surface area contributed by atoms with Crippen LogP contribution in [-0.2, 0) is 5.75 Å². The molecule has 0 unspecified atom stereocenters. The molecule has 0 fully saturated rings. The molecule has 0 saturated heterocycles. The van der Waals surface area contributed by atoms with Crippen molar-refractivity contribution in [2.45, 2.75) is 17.6 Å². The highest BCUT2D eigenvalue weighted by Gasteiger charge is 2.07. The normalized spacial score (nSPS) is 10.7. The van der Waals surface area contributed by atoms with Gasteiger partial charge < -0.3 is 0 Å². The van der Waals surface area contributed by atoms with Gasteiger partial charge in [0.25, 0.3) is 0 Å². The Morgan fingerprint density at radius 1 is 1.39 bits per heavy atom. The van der Waals surface area contributed by atoms with Crippen LogP contribution < -0.4 is 0 Å². The lowest BCUT2D eigenvalue weighted by Crippen LogP contribution is -1.99. The van der Waals surface area contributed by atoms with Crippen LogP contribution in [0.3, 0.4) is 0 Å². The number of aromatic nitrogens is 2. The van der Waals surface area contributed by atoms with Gasteiger partial charge in [-0.2, -0.15) is 0 Å². The summed E-state index contributed by atoms with van der Waals surface area (Å²) >= 11 is 13.4. The minimum absolute atomic E-state index is 0.535. The molecule has 94 valence electrons. The van der Waals surface area contributed by atoms with Crippen molar-refractivity contribution in [3.8, 4) is 0 Å². The van der Waals surface area contributed by atoms with Crippen LogP contribution in [0.4, 0.5) is 0 Å². The van der Waals surface area contributed by atoms with Gasteiger partial charge in [-0.25, -0.2) is 9.97 Å². The highest BCUT2D eigenvalue weighted by Crippen LogP contribution is 2.26. The first kappa shape index (κ1) is 14.6. The summed E-state index contributed by atoms with van der Waals surface area (Å²) in [6.45, 7) is 1.95. The Morgan fingerprint density at radius 3 is 2.83 bits per heavy atom. The Hall–Kier alpha value is 0.150. The summed E-state index contributed by atoms with van der Waals surface area (Å²) in [4.78, 5) is 9.90. The van der Waals surface area contributed by atoms with Gasteiger partial charge in [-0.15, -0.1) is 11.8 Å². The third-order valence-electron chi connectivity index (χ3n) is 2.19. The summed E-state index contributed by atoms with van der Waals surface area (Å²) in [6, 6.07) is 8.16. The Balaban J connectivity index is 2.11. The van der Waals surface area contributed by atoms with Gasteiger partial charge >= 0.3 is 0 Å². The van der Waals surface area contributed by atoms with Gasteiger partial charge in [-0.05, 0) is 47.7 Å². The summed E-state index contributed by atoms with van der Waals surface area (Å²) in [6.07, 6.45) is 0. The van der Waals surface area contributed by atoms with Gasteiger partial charge in [0.05, 0.1) is 15.0 Å². The molecule has 1 aromatic carbocycles. The first-order chi connectivity index (χ1) is 8.56. The molecule has 2 aromatic rings. The second-order valence-electron chi connectivity index (χ2n) is 3.58. The van der Waals surface area contributed by atoms with E-state index in [0.29, 0.717) is 10.9 Å². The number of halogens is 3. The summed E-state index contributed by atoms with van der Waals surface area (Å²) in [5.74, 6) is 1.48. The molecule has 0 bridgehead atoms. The number of nitrogens with zero attached hydrogens (tertiary/aromatic N) is 2. The molecule has 0 atom stereocenters. The lowest BCUT2D eigenvalue weighted by atomic mass is 10.4. The fraction of sp³-hybridized carbons (Fsp3) is 0.167. The van der Waals surface area contributed by atoms with Crippen LogP contribution in [0.15, 0.2) is 33.6 Å². The Labute approximate surface area is 137 Å². The van der Waals surface area contributed by atoms with E-state index in [0.717, 1.165) is 19.6 Å². The van der Waals surface area contributed by atoms with E-state index in [1.54, 1.807) is 11.8 Å². The van der Waals surface area contributed by atoms with Gasteiger partial charge in [0, 0.05) is 9.37 Å². The lowest BCUT2D eigenvalue weighted by Gasteiger charge is -2.05. The molecule has 0 N–H and O–H groups in total. The maximum atomic E-state index is 6.05. The van der Waals surface area contributed by atoms with Gasteiger partial charge in [0.2, 0.25) is 0 Å². The summed E-state index contributed by atoms with van der Waals surface area (Å²) in [5.41, 5.74) is 0.931. The SMILES string of the molecule is Cc1nc(CSc2cccc(Br)c2)nc(Cl)c1I. The Kier molecular flexibility index (Phi) is 5.29. The molecule has 0 saturated carbocycles. The first-order valence-electron chi connectivity index (χ1n) is 5.13. The summed E-state index contributed by atoms with van der Waals surface area (Å²) < 4.78 is 2.00. The lowest BCUT2D eigenvalue weighted by molar-refractivity contribution is 0.983. The van der Waals surface area contributed by atoms with Crippen LogP contribution in [-0.4, -0.2) is 9.97 Å². The Bertz CT molecular complexity index is 557. The van der Waals surface area contributed by atoms with Crippen molar-refractivity contribution in [1.82, 2.24) is 9.97 Å². The Morgan fingerprint density at radius 2 is 2.17 bits per heavy atom. The van der Waals surface area contributed by atoms with Crippen molar-refractivity contribution in [3.63, 3.8) is 0 Å². The van der Waals surface area contributed by atoms with E-state index < -0.39 is 0 Å². The van der Waals surface area contributed by atoms with Crippen molar-refractivity contribution < 1.29 is 0 Å². The quantitative estimate of drug-likeness (QED) is 0.366. The van der Waals surface area contributed by atoms with Gasteiger partial charge in [0.1, 0.15) is 11.0 Å². The third-order valence-corrected chi connectivity index (χ3v) is 5.55. The van der Waals surface area contributed by atoms with E-state index in [9.17, 15) is 0 Å². The molecule has 2 nitrogen and oxygen atoms in total. The molecule has 0 spiro atoms. The fourth-order valence-electron chi connectivity index (χ4n) is 1.35. The number of hydrogen-bond donors (Lipinski definition) is 0. The largest absolute Gasteiger partial charge is 0.236 e. The third kappa shape index (κ3) is 3.82. The predicted molar refractivity (Wildman–Crippen MR) is 88.2 cm³/mol. The van der Waals surface area contributed by atoms with Gasteiger partial charge in [-0.1, -0.05) is 33.6 Å². The monoisotopic (exact) mass is 454 g/mol. The minimum Gasteiger partial charge on any atom is -0.236 e. The molecular formula is C12H9BrClIN2S. The average molecular weight is 456 g/mol. The molecule has 0 amide bonds. The maximum absolute atomic E-state index is 6.05. The molecular weight excluding hydrogens is 446 g/mol. The standard InChI is InChI=1S/C12H9BrClIN2S/c1-7-11(15)12(14)17-10(16-7)6-18-9-4-2-3-8(13)5-9/h2-5H,6H2,1H3. The molecule has 0 aliphatic rings. The zero-order valence-electron chi connectivity index (χ0n) is 9.45. The topological polar surface area (TPSA) is 25.8 Å². The molecule has 0 aliphatic carbocycles. The smallest absolute Gasteiger partial charge is 0.146 e. The van der Waals surface area contributed by atoms with Gasteiger partial charge in [0.15, 0.2) is 0 Å². The highest BCUT2D eigenvalue weighted by molar-refractivity contribution is 14.1. The fourth-order valence-corrected chi connectivity index (χ4v) is 3.18. The zero-order chi connectivity index (χ0) is 13.1.